The number of nitrogens with one attached hydrogen (secondary N) is 2. The first kappa shape index (κ1) is 14.0. The van der Waals surface area contributed by atoms with E-state index in [2.05, 4.69) is 15.6 Å². The Balaban J connectivity index is 0.00000133. The Morgan fingerprint density at radius 2 is 1.79 bits per heavy atom. The van der Waals surface area contributed by atoms with Gasteiger partial charge in [-0.25, -0.2) is 4.39 Å². The van der Waals surface area contributed by atoms with Crippen LogP contribution in [0.1, 0.15) is 18.4 Å². The third kappa shape index (κ3) is 2.62. The zero-order valence-corrected chi connectivity index (χ0v) is 11.1. The molecule has 0 aromatic heterocycles. The number of carbonyl (C=O) groups excluding carboxylic acids is 1. The largest absolute Gasteiger partial charge is 0.326 e. The van der Waals surface area contributed by atoms with Crippen LogP contribution in [0, 0.1) is 5.82 Å². The predicted molar refractivity (Wildman–Crippen MR) is 73.2 cm³/mol. The lowest BCUT2D eigenvalue weighted by atomic mass is 10.00. The molecule has 102 valence electrons. The van der Waals surface area contributed by atoms with Crippen LogP contribution in [0.4, 0.5) is 4.39 Å². The number of benzene rings is 1. The molecule has 2 N–H and O–H groups in total. The fourth-order valence-electron chi connectivity index (χ4n) is 2.44. The van der Waals surface area contributed by atoms with Crippen molar-refractivity contribution in [2.24, 2.45) is 4.99 Å². The molecule has 0 atom stereocenters. The summed E-state index contributed by atoms with van der Waals surface area (Å²) in [6.45, 7) is 1.70. The average Bonchev–Trinajstić information content (AvgIpc) is 2.68. The summed E-state index contributed by atoms with van der Waals surface area (Å²) in [6.07, 6.45) is 1.59. The van der Waals surface area contributed by atoms with Crippen molar-refractivity contribution in [2.45, 2.75) is 18.5 Å². The molecule has 0 radical (unpaired) electrons. The summed E-state index contributed by atoms with van der Waals surface area (Å²) >= 11 is 0. The first-order valence-electron chi connectivity index (χ1n) is 6.08. The van der Waals surface area contributed by atoms with Crippen LogP contribution in [0.2, 0.25) is 0 Å². The number of aliphatic imine (C=N–C) groups is 1. The molecule has 1 amide bonds. The predicted octanol–water partition coefficient (Wildman–Crippen LogP) is 1.25. The van der Waals surface area contributed by atoms with E-state index in [1.54, 1.807) is 12.1 Å². The van der Waals surface area contributed by atoms with Gasteiger partial charge in [0.1, 0.15) is 17.2 Å². The van der Waals surface area contributed by atoms with Gasteiger partial charge in [0.15, 0.2) is 0 Å². The van der Waals surface area contributed by atoms with Gasteiger partial charge in [-0.1, -0.05) is 0 Å². The van der Waals surface area contributed by atoms with Gasteiger partial charge >= 0.3 is 0 Å². The van der Waals surface area contributed by atoms with Crippen molar-refractivity contribution in [3.63, 3.8) is 0 Å². The first-order valence-corrected chi connectivity index (χ1v) is 6.08. The van der Waals surface area contributed by atoms with Crippen LogP contribution in [-0.4, -0.2) is 30.4 Å². The second-order valence-electron chi connectivity index (χ2n) is 4.70. The average molecular weight is 284 g/mol. The number of rotatable bonds is 1. The van der Waals surface area contributed by atoms with Gasteiger partial charge in [0.05, 0.1) is 0 Å². The Labute approximate surface area is 116 Å². The standard InChI is InChI=1S/C13H14FN3O.ClH/c14-10-3-1-9(2-4-10)11-12(18)17-13(16-11)5-7-15-8-6-13;/h1-4,15H,5-8H2,(H,17,18);1H. The smallest absolute Gasteiger partial charge is 0.272 e. The molecule has 19 heavy (non-hydrogen) atoms. The summed E-state index contributed by atoms with van der Waals surface area (Å²) in [5.74, 6) is -0.474. The fourth-order valence-corrected chi connectivity index (χ4v) is 2.44. The summed E-state index contributed by atoms with van der Waals surface area (Å²) in [7, 11) is 0. The van der Waals surface area contributed by atoms with Crippen LogP contribution >= 0.6 is 12.4 Å². The Morgan fingerprint density at radius 3 is 2.42 bits per heavy atom. The lowest BCUT2D eigenvalue weighted by Gasteiger charge is -2.30. The minimum absolute atomic E-state index is 0. The Bertz CT molecular complexity index is 509. The van der Waals surface area contributed by atoms with Crippen molar-refractivity contribution in [1.82, 2.24) is 10.6 Å². The summed E-state index contributed by atoms with van der Waals surface area (Å²) in [6, 6.07) is 5.87. The van der Waals surface area contributed by atoms with E-state index in [0.29, 0.717) is 11.3 Å². The molecule has 1 fully saturated rings. The van der Waals surface area contributed by atoms with E-state index in [4.69, 9.17) is 0 Å². The molecule has 0 aliphatic carbocycles. The number of hydrogen-bond acceptors (Lipinski definition) is 3. The van der Waals surface area contributed by atoms with Gasteiger partial charge in [-0.05, 0) is 37.4 Å². The fraction of sp³-hybridized carbons (Fsp3) is 0.385. The summed E-state index contributed by atoms with van der Waals surface area (Å²) in [5, 5.41) is 6.20. The van der Waals surface area contributed by atoms with Gasteiger partial charge in [0.25, 0.3) is 5.91 Å². The maximum absolute atomic E-state index is 12.9. The molecule has 3 rings (SSSR count). The number of piperidine rings is 1. The number of hydrogen-bond donors (Lipinski definition) is 2. The van der Waals surface area contributed by atoms with Crippen LogP contribution in [-0.2, 0) is 4.79 Å². The Hall–Kier alpha value is -1.46. The Morgan fingerprint density at radius 1 is 1.16 bits per heavy atom. The van der Waals surface area contributed by atoms with Crippen LogP contribution in [0.15, 0.2) is 29.3 Å². The summed E-state index contributed by atoms with van der Waals surface area (Å²) in [5.41, 5.74) is 0.632. The topological polar surface area (TPSA) is 53.5 Å². The van der Waals surface area contributed by atoms with Crippen LogP contribution in [0.5, 0.6) is 0 Å². The highest BCUT2D eigenvalue weighted by Gasteiger charge is 2.40. The number of amides is 1. The van der Waals surface area contributed by atoms with E-state index >= 15 is 0 Å². The molecule has 2 aliphatic rings. The van der Waals surface area contributed by atoms with Crippen molar-refractivity contribution < 1.29 is 9.18 Å². The van der Waals surface area contributed by atoms with Crippen molar-refractivity contribution in [3.05, 3.63) is 35.6 Å². The van der Waals surface area contributed by atoms with Gasteiger partial charge in [-0.2, -0.15) is 0 Å². The molecule has 4 nitrogen and oxygen atoms in total. The second kappa shape index (κ2) is 5.27. The normalized spacial score (nSPS) is 20.7. The van der Waals surface area contributed by atoms with Gasteiger partial charge in [0, 0.05) is 18.4 Å². The van der Waals surface area contributed by atoms with Crippen molar-refractivity contribution in [3.8, 4) is 0 Å². The molecule has 2 heterocycles. The van der Waals surface area contributed by atoms with E-state index in [1.807, 2.05) is 0 Å². The van der Waals surface area contributed by atoms with Crippen LogP contribution in [0.25, 0.3) is 0 Å². The SMILES string of the molecule is Cl.O=C1NC2(CCNCC2)N=C1c1ccc(F)cc1. The number of halogens is 2. The monoisotopic (exact) mass is 283 g/mol. The molecule has 0 bridgehead atoms. The molecule has 6 heteroatoms. The minimum Gasteiger partial charge on any atom is -0.326 e. The summed E-state index contributed by atoms with van der Waals surface area (Å²) < 4.78 is 12.9. The lowest BCUT2D eigenvalue weighted by Crippen LogP contribution is -2.49. The van der Waals surface area contributed by atoms with E-state index in [0.717, 1.165) is 25.9 Å². The lowest BCUT2D eigenvalue weighted by molar-refractivity contribution is -0.115. The van der Waals surface area contributed by atoms with Crippen molar-refractivity contribution >= 4 is 24.0 Å². The van der Waals surface area contributed by atoms with E-state index < -0.39 is 5.66 Å². The molecule has 1 saturated heterocycles. The molecular formula is C13H15ClFN3O. The van der Waals surface area contributed by atoms with Crippen molar-refractivity contribution in [1.29, 1.82) is 0 Å². The highest BCUT2D eigenvalue weighted by atomic mass is 35.5. The molecule has 2 aliphatic heterocycles. The van der Waals surface area contributed by atoms with Crippen LogP contribution < -0.4 is 10.6 Å². The maximum atomic E-state index is 12.9. The van der Waals surface area contributed by atoms with Crippen molar-refractivity contribution in [2.75, 3.05) is 13.1 Å². The van der Waals surface area contributed by atoms with Crippen LogP contribution in [0.3, 0.4) is 0 Å². The van der Waals surface area contributed by atoms with Gasteiger partial charge in [-0.3, -0.25) is 9.79 Å². The molecule has 0 unspecified atom stereocenters. The maximum Gasteiger partial charge on any atom is 0.272 e. The second-order valence-corrected chi connectivity index (χ2v) is 4.70. The molecule has 1 aromatic rings. The Kier molecular flexibility index (Phi) is 3.87. The van der Waals surface area contributed by atoms with E-state index in [-0.39, 0.29) is 24.1 Å². The number of carbonyl (C=O) groups is 1. The first-order chi connectivity index (χ1) is 8.69. The third-order valence-electron chi connectivity index (χ3n) is 3.44. The number of nitrogens with zero attached hydrogens (tertiary/aromatic N) is 1. The zero-order chi connectivity index (χ0) is 12.6. The van der Waals surface area contributed by atoms with E-state index in [9.17, 15) is 9.18 Å². The molecular weight excluding hydrogens is 269 g/mol. The van der Waals surface area contributed by atoms with E-state index in [1.165, 1.54) is 12.1 Å². The quantitative estimate of drug-likeness (QED) is 0.815. The molecule has 1 spiro atoms. The van der Waals surface area contributed by atoms with Gasteiger partial charge in [-0.15, -0.1) is 12.4 Å². The van der Waals surface area contributed by atoms with Gasteiger partial charge in [0.2, 0.25) is 0 Å². The molecule has 1 aromatic carbocycles. The highest BCUT2D eigenvalue weighted by Crippen LogP contribution is 2.26. The molecule has 0 saturated carbocycles. The minimum atomic E-state index is -0.452. The highest BCUT2D eigenvalue weighted by molar-refractivity contribution is 6.46. The third-order valence-corrected chi connectivity index (χ3v) is 3.44. The summed E-state index contributed by atoms with van der Waals surface area (Å²) in [4.78, 5) is 16.5. The van der Waals surface area contributed by atoms with Gasteiger partial charge < -0.3 is 10.6 Å². The zero-order valence-electron chi connectivity index (χ0n) is 10.3.